The second-order valence-corrected chi connectivity index (χ2v) is 20.4. The maximum Gasteiger partial charge on any atom is 0.451 e. The summed E-state index contributed by atoms with van der Waals surface area (Å²) in [6.07, 6.45) is 15.6. The van der Waals surface area contributed by atoms with Crippen molar-refractivity contribution in [2.45, 2.75) is 161 Å². The van der Waals surface area contributed by atoms with E-state index in [0.717, 1.165) is 82.6 Å². The Morgan fingerprint density at radius 1 is 0.544 bits per heavy atom. The molecule has 4 nitrogen and oxygen atoms in total. The van der Waals surface area contributed by atoms with E-state index in [1.165, 1.54) is 77.0 Å². The van der Waals surface area contributed by atoms with Gasteiger partial charge in [-0.05, 0) is 145 Å². The van der Waals surface area contributed by atoms with E-state index in [2.05, 4.69) is 40.3 Å². The Hall–Kier alpha value is -4.96. The Morgan fingerprint density at radius 3 is 1.44 bits per heavy atom. The molecule has 1 N–H and O–H groups in total. The number of unbranched alkanes of at least 4 members (excludes halogenated alkanes) is 4. The molecule has 0 bridgehead atoms. The molecule has 0 aliphatic heterocycles. The Labute approximate surface area is 402 Å². The second-order valence-electron chi connectivity index (χ2n) is 19.9. The molecule has 2 aromatic heterocycles. The summed E-state index contributed by atoms with van der Waals surface area (Å²) in [6, 6.07) is 22.7. The number of aromatic amines is 1. The van der Waals surface area contributed by atoms with Crippen molar-refractivity contribution >= 4 is 33.8 Å². The van der Waals surface area contributed by atoms with E-state index in [1.54, 1.807) is 12.1 Å². The zero-order valence-electron chi connectivity index (χ0n) is 40.1. The first-order valence-corrected chi connectivity index (χ1v) is 26.4. The van der Waals surface area contributed by atoms with Gasteiger partial charge in [0.05, 0.1) is 5.52 Å². The molecule has 0 amide bonds. The molecule has 5 aromatic carbocycles. The molecule has 0 radical (unpaired) electrons. The van der Waals surface area contributed by atoms with Crippen molar-refractivity contribution in [3.05, 3.63) is 113 Å². The van der Waals surface area contributed by atoms with Gasteiger partial charge in [0, 0.05) is 34.0 Å². The number of alkyl halides is 3. The van der Waals surface area contributed by atoms with Crippen LogP contribution in [0.1, 0.15) is 170 Å². The van der Waals surface area contributed by atoms with Crippen molar-refractivity contribution in [1.82, 2.24) is 18.7 Å². The molecule has 0 spiro atoms. The zero-order chi connectivity index (χ0) is 47.5. The highest BCUT2D eigenvalue weighted by Gasteiger charge is 2.38. The van der Waals surface area contributed by atoms with Crippen LogP contribution in [0.15, 0.2) is 72.8 Å². The van der Waals surface area contributed by atoms with Crippen LogP contribution in [0.5, 0.6) is 0 Å². The van der Waals surface area contributed by atoms with Crippen LogP contribution in [0.2, 0.25) is 0 Å². The van der Waals surface area contributed by atoms with E-state index in [0.29, 0.717) is 69.1 Å². The lowest BCUT2D eigenvalue weighted by Crippen LogP contribution is -2.13. The van der Waals surface area contributed by atoms with E-state index >= 15 is 8.78 Å². The van der Waals surface area contributed by atoms with Crippen molar-refractivity contribution in [2.24, 2.45) is 11.8 Å². The van der Waals surface area contributed by atoms with Gasteiger partial charge in [0.25, 0.3) is 0 Å². The number of aromatic nitrogens is 4. The number of imidazole rings is 1. The highest BCUT2D eigenvalue weighted by atomic mass is 32.1. The van der Waals surface area contributed by atoms with E-state index in [-0.39, 0.29) is 22.7 Å². The monoisotopic (exact) mass is 944 g/mol. The molecule has 0 atom stereocenters. The van der Waals surface area contributed by atoms with Gasteiger partial charge < -0.3 is 0 Å². The number of hydrogen-bond acceptors (Lipinski definition) is 4. The Morgan fingerprint density at radius 2 is 1.00 bits per heavy atom. The first kappa shape index (κ1) is 48.1. The molecule has 2 heterocycles. The summed E-state index contributed by atoms with van der Waals surface area (Å²) >= 11 is 1.10. The van der Waals surface area contributed by atoms with Crippen LogP contribution in [-0.2, 0) is 19.0 Å². The van der Waals surface area contributed by atoms with Gasteiger partial charge in [-0.25, -0.2) is 18.7 Å². The second kappa shape index (κ2) is 21.0. The fraction of sp³-hybridized carbons (Fsp3) is 0.466. The van der Waals surface area contributed by atoms with Crippen molar-refractivity contribution in [1.29, 1.82) is 0 Å². The third kappa shape index (κ3) is 9.91. The van der Waals surface area contributed by atoms with Crippen LogP contribution in [0, 0.1) is 23.5 Å². The smallest absolute Gasteiger partial charge is 0.293 e. The minimum Gasteiger partial charge on any atom is -0.293 e. The van der Waals surface area contributed by atoms with Gasteiger partial charge in [-0.2, -0.15) is 17.5 Å². The summed E-state index contributed by atoms with van der Waals surface area (Å²) in [5.41, 5.74) is 9.66. The number of H-pyrrole nitrogens is 1. The van der Waals surface area contributed by atoms with Gasteiger partial charge in [0.1, 0.15) is 28.2 Å². The first-order chi connectivity index (χ1) is 33.0. The van der Waals surface area contributed by atoms with Crippen LogP contribution in [0.3, 0.4) is 0 Å². The Balaban J connectivity index is 1.03. The first-order valence-electron chi connectivity index (χ1n) is 25.6. The lowest BCUT2D eigenvalue weighted by molar-refractivity contribution is -0.144. The molecule has 2 saturated carbocycles. The molecule has 2 aliphatic rings. The van der Waals surface area contributed by atoms with Crippen LogP contribution in [-0.4, -0.2) is 18.7 Å². The summed E-state index contributed by atoms with van der Waals surface area (Å²) in [7, 11) is 0. The quantitative estimate of drug-likeness (QED) is 0.0776. The molecular weight excluding hydrogens is 880 g/mol. The third-order valence-electron chi connectivity index (χ3n) is 15.6. The van der Waals surface area contributed by atoms with Crippen LogP contribution < -0.4 is 0 Å². The maximum absolute atomic E-state index is 16.2. The van der Waals surface area contributed by atoms with Crippen molar-refractivity contribution < 1.29 is 22.0 Å². The molecule has 0 unspecified atom stereocenters. The van der Waals surface area contributed by atoms with E-state index in [1.807, 2.05) is 62.4 Å². The summed E-state index contributed by atoms with van der Waals surface area (Å²) in [5.74, 6) is 0.495. The molecule has 358 valence electrons. The number of fused-ring (bicyclic) bond motifs is 2. The molecule has 7 aromatic rings. The zero-order valence-corrected chi connectivity index (χ0v) is 40.9. The Bertz CT molecular complexity index is 2680. The number of nitrogens with zero attached hydrogens (tertiary/aromatic N) is 3. The summed E-state index contributed by atoms with van der Waals surface area (Å²) < 4.78 is 84.1. The highest BCUT2D eigenvalue weighted by molar-refractivity contribution is 7.00. The lowest BCUT2D eigenvalue weighted by Gasteiger charge is -2.29. The SMILES string of the molecule is CCCCCC1CCC(c2ccc(-c3ccc(-c4c5nc(C(F)(F)F)nc5c(-c5ccc(-c6ccc(C7CCC(CCCCC)CC7)cc6F)c(CC)c5)c5[nH]snc45)cc3CC)c(F)c2)CC1. The molecule has 2 fully saturated rings. The van der Waals surface area contributed by atoms with Crippen LogP contribution in [0.4, 0.5) is 22.0 Å². The van der Waals surface area contributed by atoms with E-state index in [9.17, 15) is 13.2 Å². The largest absolute Gasteiger partial charge is 0.451 e. The molecule has 2 aliphatic carbocycles. The predicted octanol–water partition coefficient (Wildman–Crippen LogP) is 18.4. The summed E-state index contributed by atoms with van der Waals surface area (Å²) in [4.78, 5) is 8.40. The number of benzene rings is 5. The Kier molecular flexibility index (Phi) is 14.8. The van der Waals surface area contributed by atoms with Gasteiger partial charge in [0.15, 0.2) is 0 Å². The average Bonchev–Trinajstić information content (AvgIpc) is 4.02. The molecule has 0 saturated heterocycles. The molecule has 9 rings (SSSR count). The number of hydrogen-bond donors (Lipinski definition) is 1. The van der Waals surface area contributed by atoms with Gasteiger partial charge >= 0.3 is 6.18 Å². The number of aryl methyl sites for hydroxylation is 2. The maximum atomic E-state index is 16.2. The number of halogens is 5. The molecule has 10 heteroatoms. The number of nitrogens with one attached hydrogen (secondary N) is 1. The fourth-order valence-electron chi connectivity index (χ4n) is 11.7. The predicted molar refractivity (Wildman–Crippen MR) is 270 cm³/mol. The van der Waals surface area contributed by atoms with Crippen LogP contribution in [0.25, 0.3) is 66.6 Å². The van der Waals surface area contributed by atoms with Gasteiger partial charge in [-0.15, -0.1) is 0 Å². The fourth-order valence-corrected chi connectivity index (χ4v) is 12.3. The highest BCUT2D eigenvalue weighted by Crippen LogP contribution is 2.47. The van der Waals surface area contributed by atoms with Gasteiger partial charge in [-0.1, -0.05) is 140 Å². The summed E-state index contributed by atoms with van der Waals surface area (Å²) in [5, 5.41) is 0. The minimum absolute atomic E-state index is 0.0864. The minimum atomic E-state index is -4.80. The van der Waals surface area contributed by atoms with Crippen LogP contribution >= 0.6 is 11.7 Å². The molecular formula is C58H65F5N4S. The third-order valence-corrected chi connectivity index (χ3v) is 16.1. The topological polar surface area (TPSA) is 54.5 Å². The molecule has 68 heavy (non-hydrogen) atoms. The average molecular weight is 945 g/mol. The van der Waals surface area contributed by atoms with Crippen molar-refractivity contribution in [2.75, 3.05) is 0 Å². The van der Waals surface area contributed by atoms with Crippen molar-refractivity contribution in [3.63, 3.8) is 0 Å². The van der Waals surface area contributed by atoms with E-state index in [4.69, 9.17) is 4.37 Å². The normalized spacial score (nSPS) is 19.1. The van der Waals surface area contributed by atoms with Crippen molar-refractivity contribution in [3.8, 4) is 44.5 Å². The number of rotatable bonds is 16. The van der Waals surface area contributed by atoms with Gasteiger partial charge in [-0.3, -0.25) is 4.37 Å². The lowest BCUT2D eigenvalue weighted by atomic mass is 9.76. The van der Waals surface area contributed by atoms with E-state index < -0.39 is 12.0 Å². The summed E-state index contributed by atoms with van der Waals surface area (Å²) in [6.45, 7) is 8.48. The standard InChI is InChI=1S/C58H65F5N4S/c1-5-9-11-13-35-15-19-39(20-16-35)41-23-29-47(49(59)33-41)45-27-25-43(31-37(45)7-3)51-53-54(65-57(64-53)58(61,62)63)52(56-55(51)66-68-67-56)44-26-28-46(38(8-4)32-44)48-30-24-42(34-50(48)60)40-21-17-36(18-22-40)14-12-10-6-2/h23-36,39-40,66H,5-22H2,1-4H3. The van der Waals surface area contributed by atoms with Gasteiger partial charge in [0.2, 0.25) is 5.82 Å².